The number of morpholine rings is 1. The molecule has 1 aromatic carbocycles. The lowest BCUT2D eigenvalue weighted by Crippen LogP contribution is -2.45. The molecular formula is C14H18N2O5. The van der Waals surface area contributed by atoms with Crippen molar-refractivity contribution in [2.45, 2.75) is 0 Å². The number of ether oxygens (including phenoxy) is 3. The van der Waals surface area contributed by atoms with Gasteiger partial charge in [-0.25, -0.2) is 0 Å². The Labute approximate surface area is 122 Å². The van der Waals surface area contributed by atoms with Crippen molar-refractivity contribution in [2.24, 2.45) is 0 Å². The molecule has 2 rings (SSSR count). The third-order valence-corrected chi connectivity index (χ3v) is 3.15. The number of hydrogen-bond acceptors (Lipinski definition) is 5. The first-order valence-electron chi connectivity index (χ1n) is 6.55. The number of anilines is 1. The summed E-state index contributed by atoms with van der Waals surface area (Å²) in [5.41, 5.74) is 0.392. The molecule has 0 spiro atoms. The van der Waals surface area contributed by atoms with E-state index in [1.165, 1.54) is 19.1 Å². The van der Waals surface area contributed by atoms with Gasteiger partial charge in [0.15, 0.2) is 0 Å². The van der Waals surface area contributed by atoms with Gasteiger partial charge >= 0.3 is 11.8 Å². The second kappa shape index (κ2) is 6.94. The van der Waals surface area contributed by atoms with Crippen molar-refractivity contribution in [3.05, 3.63) is 18.2 Å². The summed E-state index contributed by atoms with van der Waals surface area (Å²) >= 11 is 0. The summed E-state index contributed by atoms with van der Waals surface area (Å²) in [6.07, 6.45) is 0. The SMILES string of the molecule is COc1ccc(OC)c(NC(=O)C(=O)N2CCOCC2)c1. The number of rotatable bonds is 3. The Hall–Kier alpha value is -2.28. The monoisotopic (exact) mass is 294 g/mol. The van der Waals surface area contributed by atoms with Crippen LogP contribution in [0.4, 0.5) is 5.69 Å². The van der Waals surface area contributed by atoms with Crippen molar-refractivity contribution >= 4 is 17.5 Å². The van der Waals surface area contributed by atoms with Crippen LogP contribution in [0.3, 0.4) is 0 Å². The van der Waals surface area contributed by atoms with E-state index in [9.17, 15) is 9.59 Å². The molecule has 7 nitrogen and oxygen atoms in total. The summed E-state index contributed by atoms with van der Waals surface area (Å²) in [6.45, 7) is 1.73. The topological polar surface area (TPSA) is 77.1 Å². The summed E-state index contributed by atoms with van der Waals surface area (Å²) in [5.74, 6) is -0.268. The van der Waals surface area contributed by atoms with Crippen molar-refractivity contribution in [3.8, 4) is 11.5 Å². The molecule has 1 aromatic rings. The average Bonchev–Trinajstić information content (AvgIpc) is 2.54. The van der Waals surface area contributed by atoms with Crippen LogP contribution in [0.1, 0.15) is 0 Å². The van der Waals surface area contributed by atoms with E-state index in [2.05, 4.69) is 5.32 Å². The van der Waals surface area contributed by atoms with Crippen LogP contribution < -0.4 is 14.8 Å². The fraction of sp³-hybridized carbons (Fsp3) is 0.429. The van der Waals surface area contributed by atoms with E-state index >= 15 is 0 Å². The Balaban J connectivity index is 2.09. The minimum atomic E-state index is -0.705. The molecule has 1 N–H and O–H groups in total. The molecule has 1 heterocycles. The molecule has 7 heteroatoms. The molecule has 0 unspecified atom stereocenters. The highest BCUT2D eigenvalue weighted by atomic mass is 16.5. The molecular weight excluding hydrogens is 276 g/mol. The van der Waals surface area contributed by atoms with E-state index in [0.29, 0.717) is 43.5 Å². The van der Waals surface area contributed by atoms with E-state index < -0.39 is 11.8 Å². The van der Waals surface area contributed by atoms with Crippen LogP contribution in [0.15, 0.2) is 18.2 Å². The third kappa shape index (κ3) is 3.63. The largest absolute Gasteiger partial charge is 0.497 e. The van der Waals surface area contributed by atoms with Crippen molar-refractivity contribution in [2.75, 3.05) is 45.8 Å². The van der Waals surface area contributed by atoms with Gasteiger partial charge in [0.2, 0.25) is 0 Å². The zero-order valence-electron chi connectivity index (χ0n) is 12.0. The highest BCUT2D eigenvalue weighted by Crippen LogP contribution is 2.28. The van der Waals surface area contributed by atoms with Crippen molar-refractivity contribution in [3.63, 3.8) is 0 Å². The number of benzene rings is 1. The summed E-state index contributed by atoms with van der Waals surface area (Å²) in [6, 6.07) is 4.97. The summed E-state index contributed by atoms with van der Waals surface area (Å²) in [4.78, 5) is 25.5. The smallest absolute Gasteiger partial charge is 0.314 e. The Morgan fingerprint density at radius 1 is 1.19 bits per heavy atom. The normalized spacial score (nSPS) is 14.5. The maximum atomic E-state index is 12.0. The second-order valence-electron chi connectivity index (χ2n) is 4.42. The quantitative estimate of drug-likeness (QED) is 0.822. The molecule has 1 saturated heterocycles. The van der Waals surface area contributed by atoms with E-state index in [-0.39, 0.29) is 0 Å². The van der Waals surface area contributed by atoms with Gasteiger partial charge in [0.05, 0.1) is 33.1 Å². The van der Waals surface area contributed by atoms with Gasteiger partial charge in [-0.3, -0.25) is 9.59 Å². The maximum absolute atomic E-state index is 12.0. The van der Waals surface area contributed by atoms with E-state index in [0.717, 1.165) is 0 Å². The minimum Gasteiger partial charge on any atom is -0.497 e. The van der Waals surface area contributed by atoms with E-state index in [1.807, 2.05) is 0 Å². The highest BCUT2D eigenvalue weighted by Gasteiger charge is 2.24. The molecule has 0 radical (unpaired) electrons. The lowest BCUT2D eigenvalue weighted by molar-refractivity contribution is -0.145. The standard InChI is InChI=1S/C14H18N2O5/c1-19-10-3-4-12(20-2)11(9-10)15-13(17)14(18)16-5-7-21-8-6-16/h3-4,9H,5-8H2,1-2H3,(H,15,17). The molecule has 114 valence electrons. The minimum absolute atomic E-state index is 0.392. The molecule has 1 fully saturated rings. The van der Waals surface area contributed by atoms with Crippen LogP contribution in [0.5, 0.6) is 11.5 Å². The summed E-state index contributed by atoms with van der Waals surface area (Å²) in [7, 11) is 3.01. The summed E-state index contributed by atoms with van der Waals surface area (Å²) in [5, 5.41) is 2.56. The van der Waals surface area contributed by atoms with Crippen LogP contribution >= 0.6 is 0 Å². The zero-order chi connectivity index (χ0) is 15.2. The molecule has 0 aliphatic carbocycles. The fourth-order valence-electron chi connectivity index (χ4n) is 2.00. The molecule has 0 bridgehead atoms. The van der Waals surface area contributed by atoms with Crippen LogP contribution in [-0.2, 0) is 14.3 Å². The maximum Gasteiger partial charge on any atom is 0.314 e. The average molecular weight is 294 g/mol. The fourth-order valence-corrected chi connectivity index (χ4v) is 2.00. The third-order valence-electron chi connectivity index (χ3n) is 3.15. The van der Waals surface area contributed by atoms with Gasteiger partial charge in [-0.2, -0.15) is 0 Å². The summed E-state index contributed by atoms with van der Waals surface area (Å²) < 4.78 is 15.4. The van der Waals surface area contributed by atoms with Crippen molar-refractivity contribution in [1.29, 1.82) is 0 Å². The van der Waals surface area contributed by atoms with Gasteiger partial charge < -0.3 is 24.4 Å². The van der Waals surface area contributed by atoms with Crippen molar-refractivity contribution in [1.82, 2.24) is 4.90 Å². The number of carbonyl (C=O) groups is 2. The van der Waals surface area contributed by atoms with Gasteiger partial charge in [-0.1, -0.05) is 0 Å². The Kier molecular flexibility index (Phi) is 4.99. The molecule has 21 heavy (non-hydrogen) atoms. The Morgan fingerprint density at radius 3 is 2.52 bits per heavy atom. The van der Waals surface area contributed by atoms with Crippen LogP contribution in [0, 0.1) is 0 Å². The van der Waals surface area contributed by atoms with Crippen LogP contribution in [0.2, 0.25) is 0 Å². The van der Waals surface area contributed by atoms with Crippen LogP contribution in [0.25, 0.3) is 0 Å². The van der Waals surface area contributed by atoms with E-state index in [4.69, 9.17) is 14.2 Å². The van der Waals surface area contributed by atoms with E-state index in [1.54, 1.807) is 18.2 Å². The predicted molar refractivity (Wildman–Crippen MR) is 75.6 cm³/mol. The van der Waals surface area contributed by atoms with Crippen molar-refractivity contribution < 1.29 is 23.8 Å². The van der Waals surface area contributed by atoms with Gasteiger partial charge in [0.1, 0.15) is 11.5 Å². The number of nitrogens with zero attached hydrogens (tertiary/aromatic N) is 1. The molecule has 0 aromatic heterocycles. The number of nitrogens with one attached hydrogen (secondary N) is 1. The zero-order valence-corrected chi connectivity index (χ0v) is 12.0. The highest BCUT2D eigenvalue weighted by molar-refractivity contribution is 6.39. The van der Waals surface area contributed by atoms with Gasteiger partial charge in [-0.05, 0) is 12.1 Å². The molecule has 0 atom stereocenters. The first-order valence-corrected chi connectivity index (χ1v) is 6.55. The Bertz CT molecular complexity index is 526. The van der Waals surface area contributed by atoms with Gasteiger partial charge in [-0.15, -0.1) is 0 Å². The number of carbonyl (C=O) groups excluding carboxylic acids is 2. The molecule has 0 saturated carbocycles. The predicted octanol–water partition coefficient (Wildman–Crippen LogP) is 0.501. The lowest BCUT2D eigenvalue weighted by atomic mass is 10.2. The second-order valence-corrected chi connectivity index (χ2v) is 4.42. The van der Waals surface area contributed by atoms with Gasteiger partial charge in [0.25, 0.3) is 0 Å². The number of methoxy groups -OCH3 is 2. The first kappa shape index (κ1) is 15.1. The number of amides is 2. The van der Waals surface area contributed by atoms with Gasteiger partial charge in [0, 0.05) is 19.2 Å². The first-order chi connectivity index (χ1) is 10.2. The number of hydrogen-bond donors (Lipinski definition) is 1. The molecule has 1 aliphatic heterocycles. The molecule has 1 aliphatic rings. The van der Waals surface area contributed by atoms with Crippen LogP contribution in [-0.4, -0.2) is 57.2 Å². The molecule has 2 amide bonds. The lowest BCUT2D eigenvalue weighted by Gasteiger charge is -2.26. The Morgan fingerprint density at radius 2 is 1.90 bits per heavy atom.